The molecule has 0 fully saturated rings. The topological polar surface area (TPSA) is 72.8 Å². The van der Waals surface area contributed by atoms with E-state index in [1.165, 1.54) is 12.1 Å². The fourth-order valence-corrected chi connectivity index (χ4v) is 5.03. The van der Waals surface area contributed by atoms with Crippen LogP contribution >= 0.6 is 15.9 Å². The van der Waals surface area contributed by atoms with Gasteiger partial charge in [-0.25, -0.2) is 8.78 Å². The van der Waals surface area contributed by atoms with Crippen molar-refractivity contribution in [1.82, 2.24) is 0 Å². The molecular formula is C35H33BrF2O5. The van der Waals surface area contributed by atoms with Crippen LogP contribution in [0.5, 0.6) is 0 Å². The molecule has 0 aliphatic rings. The van der Waals surface area contributed by atoms with Crippen molar-refractivity contribution in [3.05, 3.63) is 120 Å². The van der Waals surface area contributed by atoms with Crippen LogP contribution in [0.25, 0.3) is 22.3 Å². The zero-order valence-electron chi connectivity index (χ0n) is 23.9. The van der Waals surface area contributed by atoms with Crippen molar-refractivity contribution in [2.75, 3.05) is 25.2 Å². The predicted molar refractivity (Wildman–Crippen MR) is 166 cm³/mol. The average Bonchev–Trinajstić information content (AvgIpc) is 3.04. The van der Waals surface area contributed by atoms with Gasteiger partial charge in [-0.05, 0) is 48.2 Å². The molecule has 0 saturated heterocycles. The minimum atomic E-state index is -1.12. The van der Waals surface area contributed by atoms with E-state index in [0.717, 1.165) is 11.1 Å². The van der Waals surface area contributed by atoms with Crippen molar-refractivity contribution in [1.29, 1.82) is 0 Å². The molecule has 0 aliphatic heterocycles. The number of carbonyl (C=O) groups is 2. The highest BCUT2D eigenvalue weighted by Crippen LogP contribution is 2.30. The maximum Gasteiger partial charge on any atom is 0.313 e. The lowest BCUT2D eigenvalue weighted by Gasteiger charge is -2.29. The monoisotopic (exact) mass is 650 g/mol. The molecule has 4 aromatic carbocycles. The summed E-state index contributed by atoms with van der Waals surface area (Å²) in [5.74, 6) is -3.68. The smallest absolute Gasteiger partial charge is 0.313 e. The van der Waals surface area contributed by atoms with Crippen molar-refractivity contribution in [2.45, 2.75) is 25.7 Å². The molecule has 224 valence electrons. The van der Waals surface area contributed by atoms with E-state index in [4.69, 9.17) is 9.47 Å². The average molecular weight is 652 g/mol. The second kappa shape index (κ2) is 14.5. The van der Waals surface area contributed by atoms with E-state index >= 15 is 0 Å². The molecule has 4 rings (SSSR count). The molecule has 1 N–H and O–H groups in total. The Bertz CT molecular complexity index is 1430. The van der Waals surface area contributed by atoms with Crippen molar-refractivity contribution in [3.8, 4) is 22.3 Å². The first-order valence-electron chi connectivity index (χ1n) is 13.9. The lowest BCUT2D eigenvalue weighted by Crippen LogP contribution is -2.40. The number of halogens is 3. The van der Waals surface area contributed by atoms with Crippen molar-refractivity contribution < 1.29 is 33.0 Å². The molecule has 0 heterocycles. The number of carbonyl (C=O) groups excluding carboxylic acids is 2. The molecular weight excluding hydrogens is 618 g/mol. The zero-order valence-corrected chi connectivity index (χ0v) is 25.5. The van der Waals surface area contributed by atoms with Crippen LogP contribution in [-0.4, -0.2) is 42.2 Å². The van der Waals surface area contributed by atoms with E-state index in [1.54, 1.807) is 62.4 Å². The molecule has 8 heteroatoms. The summed E-state index contributed by atoms with van der Waals surface area (Å²) in [6.07, 6.45) is 0. The molecule has 0 bridgehead atoms. The Labute approximate surface area is 258 Å². The van der Waals surface area contributed by atoms with Gasteiger partial charge in [0.25, 0.3) is 0 Å². The third-order valence-electron chi connectivity index (χ3n) is 7.52. The van der Waals surface area contributed by atoms with Crippen LogP contribution in [0.3, 0.4) is 0 Å². The molecule has 43 heavy (non-hydrogen) atoms. The Morgan fingerprint density at radius 2 is 1.12 bits per heavy atom. The first-order valence-corrected chi connectivity index (χ1v) is 15.0. The number of aliphatic hydroxyl groups is 1. The maximum atomic E-state index is 14.9. The van der Waals surface area contributed by atoms with E-state index in [2.05, 4.69) is 15.9 Å². The molecule has 0 radical (unpaired) electrons. The lowest BCUT2D eigenvalue weighted by atomic mass is 9.93. The van der Waals surface area contributed by atoms with Crippen LogP contribution in [0.15, 0.2) is 97.1 Å². The summed E-state index contributed by atoms with van der Waals surface area (Å²) in [7, 11) is 0. The molecule has 5 nitrogen and oxygen atoms in total. The lowest BCUT2D eigenvalue weighted by molar-refractivity contribution is -0.156. The molecule has 0 aromatic heterocycles. The summed E-state index contributed by atoms with van der Waals surface area (Å²) in [6, 6.07) is 27.4. The SMILES string of the molecule is C[C@H](C(=O)OCC(CO)(CBr)COC(=O)[C@H](C)c1ccc(-c2ccccc2)c(F)c1)c1ccc(-c2ccccc2)c(F)c1. The number of hydrogen-bond donors (Lipinski definition) is 1. The van der Waals surface area contributed by atoms with E-state index < -0.39 is 47.4 Å². The van der Waals surface area contributed by atoms with E-state index in [1.807, 2.05) is 36.4 Å². The number of hydrogen-bond acceptors (Lipinski definition) is 5. The standard InChI is InChI=1S/C35H33BrF2O5/c1-23(27-13-15-29(31(37)17-27)25-9-5-3-6-10-25)33(40)42-21-35(19-36,20-39)22-43-34(41)24(2)28-14-16-30(32(38)18-28)26-11-7-4-8-12-26/h3-18,23-24,39H,19-22H2,1-2H3/t23-,24+,35?. The third kappa shape index (κ3) is 7.75. The van der Waals surface area contributed by atoms with Gasteiger partial charge in [0, 0.05) is 16.5 Å². The normalized spacial score (nSPS) is 13.9. The second-order valence-electron chi connectivity index (χ2n) is 10.7. The highest BCUT2D eigenvalue weighted by molar-refractivity contribution is 9.09. The molecule has 4 aromatic rings. The summed E-state index contributed by atoms with van der Waals surface area (Å²) in [5, 5.41) is 10.3. The molecule has 0 saturated carbocycles. The van der Waals surface area contributed by atoms with Crippen LogP contribution in [0.4, 0.5) is 8.78 Å². The number of aliphatic hydroxyl groups excluding tert-OH is 1. The van der Waals surface area contributed by atoms with Crippen LogP contribution in [0.1, 0.15) is 36.8 Å². The fraction of sp³-hybridized carbons (Fsp3) is 0.257. The van der Waals surface area contributed by atoms with Gasteiger partial charge in [-0.3, -0.25) is 9.59 Å². The summed E-state index contributed by atoms with van der Waals surface area (Å²) in [6.45, 7) is 2.29. The maximum absolute atomic E-state index is 14.9. The summed E-state index contributed by atoms with van der Waals surface area (Å²) >= 11 is 3.33. The molecule has 1 unspecified atom stereocenters. The Hall–Kier alpha value is -3.88. The first-order chi connectivity index (χ1) is 20.7. The highest BCUT2D eigenvalue weighted by atomic mass is 79.9. The number of alkyl halides is 1. The van der Waals surface area contributed by atoms with Crippen molar-refractivity contribution in [2.24, 2.45) is 5.41 Å². The van der Waals surface area contributed by atoms with Crippen molar-refractivity contribution >= 4 is 27.9 Å². The number of esters is 2. The number of ether oxygens (including phenoxy) is 2. The Balaban J connectivity index is 1.36. The van der Waals surface area contributed by atoms with Crippen LogP contribution < -0.4 is 0 Å². The van der Waals surface area contributed by atoms with Gasteiger partial charge >= 0.3 is 11.9 Å². The van der Waals surface area contributed by atoms with E-state index in [9.17, 15) is 23.5 Å². The minimum Gasteiger partial charge on any atom is -0.464 e. The molecule has 0 amide bonds. The largest absolute Gasteiger partial charge is 0.464 e. The fourth-order valence-electron chi connectivity index (χ4n) is 4.53. The minimum absolute atomic E-state index is 0.167. The van der Waals surface area contributed by atoms with Gasteiger partial charge in [0.15, 0.2) is 0 Å². The van der Waals surface area contributed by atoms with Gasteiger partial charge in [-0.2, -0.15) is 0 Å². The van der Waals surface area contributed by atoms with E-state index in [-0.39, 0.29) is 18.5 Å². The zero-order chi connectivity index (χ0) is 31.0. The van der Waals surface area contributed by atoms with Gasteiger partial charge in [-0.1, -0.05) is 101 Å². The third-order valence-corrected chi connectivity index (χ3v) is 8.71. The predicted octanol–water partition coefficient (Wildman–Crippen LogP) is 7.67. The van der Waals surface area contributed by atoms with Crippen molar-refractivity contribution in [3.63, 3.8) is 0 Å². The quantitative estimate of drug-likeness (QED) is 0.126. The summed E-state index contributed by atoms with van der Waals surface area (Å²) in [5.41, 5.74) is 2.08. The molecule has 3 atom stereocenters. The van der Waals surface area contributed by atoms with Gasteiger partial charge < -0.3 is 14.6 Å². The van der Waals surface area contributed by atoms with Crippen LogP contribution in [0, 0.1) is 17.0 Å². The molecule has 0 aliphatic carbocycles. The van der Waals surface area contributed by atoms with Gasteiger partial charge in [0.2, 0.25) is 0 Å². The van der Waals surface area contributed by atoms with E-state index in [0.29, 0.717) is 22.3 Å². The van der Waals surface area contributed by atoms with Crippen LogP contribution in [-0.2, 0) is 19.1 Å². The van der Waals surface area contributed by atoms with Gasteiger partial charge in [0.05, 0.1) is 23.9 Å². The number of benzene rings is 4. The summed E-state index contributed by atoms with van der Waals surface area (Å²) < 4.78 is 40.8. The first kappa shape index (κ1) is 32.0. The number of rotatable bonds is 12. The Kier molecular flexibility index (Phi) is 10.8. The van der Waals surface area contributed by atoms with Gasteiger partial charge in [-0.15, -0.1) is 0 Å². The Morgan fingerprint density at radius 3 is 1.44 bits per heavy atom. The molecule has 0 spiro atoms. The van der Waals surface area contributed by atoms with Gasteiger partial charge in [0.1, 0.15) is 24.8 Å². The Morgan fingerprint density at radius 1 is 0.721 bits per heavy atom. The highest BCUT2D eigenvalue weighted by Gasteiger charge is 2.34. The second-order valence-corrected chi connectivity index (χ2v) is 11.2. The summed E-state index contributed by atoms with van der Waals surface area (Å²) in [4.78, 5) is 25.8. The van der Waals surface area contributed by atoms with Crippen LogP contribution in [0.2, 0.25) is 0 Å².